The first kappa shape index (κ1) is 18.1. The Morgan fingerprint density at radius 1 is 0.963 bits per heavy atom. The monoisotopic (exact) mass is 415 g/mol. The Bertz CT molecular complexity index is 1070. The summed E-state index contributed by atoms with van der Waals surface area (Å²) in [5.41, 5.74) is 1.03. The molecule has 0 saturated heterocycles. The van der Waals surface area contributed by atoms with Gasteiger partial charge in [-0.2, -0.15) is 0 Å². The summed E-state index contributed by atoms with van der Waals surface area (Å²) in [6.45, 7) is 0.817. The molecule has 0 fully saturated rings. The van der Waals surface area contributed by atoms with E-state index < -0.39 is 0 Å². The molecule has 0 aliphatic carbocycles. The minimum atomic E-state index is -0.141. The predicted molar refractivity (Wildman–Crippen MR) is 111 cm³/mol. The molecule has 2 aromatic carbocycles. The van der Waals surface area contributed by atoms with Crippen LogP contribution in [-0.2, 0) is 13.1 Å². The van der Waals surface area contributed by atoms with Crippen molar-refractivity contribution in [2.75, 3.05) is 0 Å². The summed E-state index contributed by atoms with van der Waals surface area (Å²) in [6.07, 6.45) is 1.60. The van der Waals surface area contributed by atoms with Crippen LogP contribution in [0.2, 0.25) is 10.0 Å². The molecular formula is C21H15Cl2NO2S. The molecule has 3 nitrogen and oxygen atoms in total. The maximum Gasteiger partial charge on any atom is 0.266 e. The fraction of sp³-hybridized carbons (Fsp3) is 0.0952. The van der Waals surface area contributed by atoms with Crippen molar-refractivity contribution in [3.63, 3.8) is 0 Å². The smallest absolute Gasteiger partial charge is 0.266 e. The molecule has 2 heterocycles. The van der Waals surface area contributed by atoms with E-state index >= 15 is 0 Å². The highest BCUT2D eigenvalue weighted by Crippen LogP contribution is 2.40. The van der Waals surface area contributed by atoms with Crippen molar-refractivity contribution in [1.82, 2.24) is 4.90 Å². The van der Waals surface area contributed by atoms with E-state index in [9.17, 15) is 4.79 Å². The molecule has 0 aliphatic heterocycles. The Morgan fingerprint density at radius 3 is 2.48 bits per heavy atom. The van der Waals surface area contributed by atoms with Gasteiger partial charge in [0.1, 0.15) is 10.6 Å². The summed E-state index contributed by atoms with van der Waals surface area (Å²) in [4.78, 5) is 15.6. The third kappa shape index (κ3) is 3.74. The molecule has 0 saturated carbocycles. The van der Waals surface area contributed by atoms with E-state index in [1.165, 1.54) is 11.3 Å². The molecule has 0 N–H and O–H groups in total. The van der Waals surface area contributed by atoms with Gasteiger partial charge in [0.2, 0.25) is 0 Å². The summed E-state index contributed by atoms with van der Waals surface area (Å²) in [7, 11) is 0. The molecule has 6 heteroatoms. The molecule has 4 aromatic rings. The Hall–Kier alpha value is -2.27. The van der Waals surface area contributed by atoms with Crippen LogP contribution in [0.15, 0.2) is 71.3 Å². The van der Waals surface area contributed by atoms with Crippen LogP contribution in [0.25, 0.3) is 10.1 Å². The summed E-state index contributed by atoms with van der Waals surface area (Å²) >= 11 is 14.2. The van der Waals surface area contributed by atoms with Crippen molar-refractivity contribution in [1.29, 1.82) is 0 Å². The molecule has 1 amide bonds. The van der Waals surface area contributed by atoms with Gasteiger partial charge >= 0.3 is 0 Å². The highest BCUT2D eigenvalue weighted by molar-refractivity contribution is 7.21. The van der Waals surface area contributed by atoms with Crippen molar-refractivity contribution in [2.24, 2.45) is 0 Å². The molecule has 27 heavy (non-hydrogen) atoms. The van der Waals surface area contributed by atoms with Crippen LogP contribution >= 0.6 is 34.5 Å². The van der Waals surface area contributed by atoms with Gasteiger partial charge < -0.3 is 9.32 Å². The highest BCUT2D eigenvalue weighted by Gasteiger charge is 2.24. The second-order valence-electron chi connectivity index (χ2n) is 6.08. The minimum Gasteiger partial charge on any atom is -0.467 e. The van der Waals surface area contributed by atoms with Gasteiger partial charge in [0.05, 0.1) is 22.9 Å². The lowest BCUT2D eigenvalue weighted by Crippen LogP contribution is -2.29. The molecule has 136 valence electrons. The normalized spacial score (nSPS) is 11.0. The number of furan rings is 1. The molecule has 0 atom stereocenters. The number of hydrogen-bond acceptors (Lipinski definition) is 3. The molecule has 0 radical (unpaired) electrons. The zero-order chi connectivity index (χ0) is 18.8. The Kier molecular flexibility index (Phi) is 5.21. The molecule has 4 rings (SSSR count). The van der Waals surface area contributed by atoms with Crippen LogP contribution in [0.4, 0.5) is 0 Å². The first-order valence-electron chi connectivity index (χ1n) is 8.35. The Morgan fingerprint density at radius 2 is 1.78 bits per heavy atom. The van der Waals surface area contributed by atoms with Crippen LogP contribution < -0.4 is 0 Å². The fourth-order valence-electron chi connectivity index (χ4n) is 2.95. The van der Waals surface area contributed by atoms with E-state index in [1.54, 1.807) is 17.2 Å². The second kappa shape index (κ2) is 7.77. The van der Waals surface area contributed by atoms with Gasteiger partial charge in [0, 0.05) is 16.6 Å². The van der Waals surface area contributed by atoms with Gasteiger partial charge in [-0.3, -0.25) is 4.79 Å². The zero-order valence-corrected chi connectivity index (χ0v) is 16.5. The molecule has 0 aliphatic rings. The number of fused-ring (bicyclic) bond motifs is 1. The predicted octanol–water partition coefficient (Wildman–Crippen LogP) is 6.64. The van der Waals surface area contributed by atoms with Gasteiger partial charge in [0.25, 0.3) is 5.91 Å². The number of carbonyl (C=O) groups is 1. The molecule has 0 spiro atoms. The van der Waals surface area contributed by atoms with E-state index in [-0.39, 0.29) is 5.91 Å². The number of halogens is 2. The van der Waals surface area contributed by atoms with E-state index in [2.05, 4.69) is 0 Å². The summed E-state index contributed by atoms with van der Waals surface area (Å²) in [6, 6.07) is 19.1. The van der Waals surface area contributed by atoms with Crippen LogP contribution in [0.1, 0.15) is 21.0 Å². The Balaban J connectivity index is 1.71. The van der Waals surface area contributed by atoms with E-state index in [0.717, 1.165) is 21.4 Å². The minimum absolute atomic E-state index is 0.141. The van der Waals surface area contributed by atoms with Gasteiger partial charge in [-0.25, -0.2) is 0 Å². The maximum atomic E-state index is 13.3. The number of amides is 1. The summed E-state index contributed by atoms with van der Waals surface area (Å²) < 4.78 is 6.35. The number of nitrogens with zero attached hydrogens (tertiary/aromatic N) is 1. The lowest BCUT2D eigenvalue weighted by atomic mass is 10.2. The van der Waals surface area contributed by atoms with Crippen molar-refractivity contribution in [2.45, 2.75) is 13.1 Å². The zero-order valence-electron chi connectivity index (χ0n) is 14.2. The van der Waals surface area contributed by atoms with Crippen LogP contribution in [0.5, 0.6) is 0 Å². The van der Waals surface area contributed by atoms with Gasteiger partial charge in [-0.1, -0.05) is 59.6 Å². The van der Waals surface area contributed by atoms with Gasteiger partial charge in [-0.05, 0) is 29.8 Å². The van der Waals surface area contributed by atoms with Crippen LogP contribution in [0, 0.1) is 0 Å². The molecule has 2 aromatic heterocycles. The average Bonchev–Trinajstić information content (AvgIpc) is 3.30. The van der Waals surface area contributed by atoms with Gasteiger partial charge in [0.15, 0.2) is 0 Å². The molecule has 0 unspecified atom stereocenters. The summed E-state index contributed by atoms with van der Waals surface area (Å²) in [5.74, 6) is 0.576. The largest absolute Gasteiger partial charge is 0.467 e. The maximum absolute atomic E-state index is 13.3. The third-order valence-electron chi connectivity index (χ3n) is 4.23. The quantitative estimate of drug-likeness (QED) is 0.365. The molecular weight excluding hydrogens is 401 g/mol. The first-order valence-corrected chi connectivity index (χ1v) is 9.93. The average molecular weight is 416 g/mol. The topological polar surface area (TPSA) is 33.5 Å². The van der Waals surface area contributed by atoms with E-state index in [0.29, 0.717) is 28.0 Å². The standard InChI is InChI=1S/C21H15Cl2NO2S/c22-16-9-4-10-17-18(16)19(23)20(27-17)21(25)24(13-15-8-5-11-26-15)12-14-6-2-1-3-7-14/h1-11H,12-13H2. The van der Waals surface area contributed by atoms with Crippen LogP contribution in [-0.4, -0.2) is 10.8 Å². The van der Waals surface area contributed by atoms with Gasteiger partial charge in [-0.15, -0.1) is 11.3 Å². The Labute approximate surface area is 170 Å². The highest BCUT2D eigenvalue weighted by atomic mass is 35.5. The van der Waals surface area contributed by atoms with Crippen molar-refractivity contribution in [3.8, 4) is 0 Å². The SMILES string of the molecule is O=C(c1sc2cccc(Cl)c2c1Cl)N(Cc1ccccc1)Cc1ccco1. The third-order valence-corrected chi connectivity index (χ3v) is 6.18. The number of hydrogen-bond donors (Lipinski definition) is 0. The van der Waals surface area contributed by atoms with Crippen molar-refractivity contribution in [3.05, 3.63) is 93.2 Å². The number of carbonyl (C=O) groups excluding carboxylic acids is 1. The summed E-state index contributed by atoms with van der Waals surface area (Å²) in [5, 5.41) is 1.68. The van der Waals surface area contributed by atoms with E-state index in [4.69, 9.17) is 27.6 Å². The number of benzene rings is 2. The van der Waals surface area contributed by atoms with E-state index in [1.807, 2.05) is 54.6 Å². The lowest BCUT2D eigenvalue weighted by Gasteiger charge is -2.21. The van der Waals surface area contributed by atoms with Crippen molar-refractivity contribution < 1.29 is 9.21 Å². The lowest BCUT2D eigenvalue weighted by molar-refractivity contribution is 0.0723. The second-order valence-corrected chi connectivity index (χ2v) is 7.92. The van der Waals surface area contributed by atoms with Crippen LogP contribution in [0.3, 0.4) is 0 Å². The fourth-order valence-corrected chi connectivity index (χ4v) is 4.86. The number of rotatable bonds is 5. The van der Waals surface area contributed by atoms with Crippen molar-refractivity contribution >= 4 is 50.5 Å². The number of thiophene rings is 1. The first-order chi connectivity index (χ1) is 13.1. The molecule has 0 bridgehead atoms.